The van der Waals surface area contributed by atoms with Gasteiger partial charge in [-0.1, -0.05) is 35.5 Å². The highest BCUT2D eigenvalue weighted by Crippen LogP contribution is 2.23. The lowest BCUT2D eigenvalue weighted by Gasteiger charge is -2.36. The third-order valence-electron chi connectivity index (χ3n) is 5.75. The average Bonchev–Trinajstić information content (AvgIpc) is 3.33. The van der Waals surface area contributed by atoms with Crippen LogP contribution in [0.3, 0.4) is 0 Å². The number of carbonyl (C=O) groups excluding carboxylic acids is 1. The quantitative estimate of drug-likeness (QED) is 0.486. The van der Waals surface area contributed by atoms with Gasteiger partial charge in [0, 0.05) is 17.8 Å². The number of nitrogens with zero attached hydrogens (tertiary/aromatic N) is 3. The molecule has 1 saturated heterocycles. The number of ether oxygens (including phenoxy) is 2. The van der Waals surface area contributed by atoms with E-state index in [9.17, 15) is 9.90 Å². The monoisotopic (exact) mass is 451 g/mol. The van der Waals surface area contributed by atoms with E-state index < -0.39 is 6.10 Å². The number of benzene rings is 2. The van der Waals surface area contributed by atoms with Gasteiger partial charge in [0.05, 0.1) is 32.1 Å². The van der Waals surface area contributed by atoms with E-state index in [1.165, 1.54) is 0 Å². The van der Waals surface area contributed by atoms with Gasteiger partial charge >= 0.3 is 6.03 Å². The number of hydrogen-bond acceptors (Lipinski definition) is 6. The molecule has 1 fully saturated rings. The SMILES string of the molecule is COc1ccc(NC(=O)N[C@H]2CC[C@@H](CCn3cc(-c4ccccc4)nn3)O[C@H]2CO)cc1. The molecule has 1 aliphatic rings. The predicted molar refractivity (Wildman–Crippen MR) is 124 cm³/mol. The number of aromatic nitrogens is 3. The maximum Gasteiger partial charge on any atom is 0.319 e. The largest absolute Gasteiger partial charge is 0.497 e. The Bertz CT molecular complexity index is 1020. The molecule has 174 valence electrons. The van der Waals surface area contributed by atoms with E-state index in [1.54, 1.807) is 31.4 Å². The minimum atomic E-state index is -0.457. The lowest BCUT2D eigenvalue weighted by Crippen LogP contribution is -2.52. The number of urea groups is 1. The van der Waals surface area contributed by atoms with E-state index in [0.29, 0.717) is 12.2 Å². The Morgan fingerprint density at radius 3 is 2.70 bits per heavy atom. The van der Waals surface area contributed by atoms with Crippen molar-refractivity contribution in [1.29, 1.82) is 0 Å². The van der Waals surface area contributed by atoms with E-state index in [1.807, 2.05) is 41.2 Å². The lowest BCUT2D eigenvalue weighted by atomic mass is 9.97. The van der Waals surface area contributed by atoms with Gasteiger partial charge in [0.25, 0.3) is 0 Å². The van der Waals surface area contributed by atoms with Crippen molar-refractivity contribution < 1.29 is 19.4 Å². The number of rotatable bonds is 8. The smallest absolute Gasteiger partial charge is 0.319 e. The molecule has 0 aliphatic carbocycles. The maximum atomic E-state index is 12.4. The van der Waals surface area contributed by atoms with Crippen molar-refractivity contribution in [3.63, 3.8) is 0 Å². The van der Waals surface area contributed by atoms with Crippen LogP contribution in [0, 0.1) is 0 Å². The third-order valence-corrected chi connectivity index (χ3v) is 5.75. The predicted octanol–water partition coefficient (Wildman–Crippen LogP) is 3.07. The van der Waals surface area contributed by atoms with Crippen LogP contribution in [0.1, 0.15) is 19.3 Å². The topological polar surface area (TPSA) is 111 Å². The first-order valence-electron chi connectivity index (χ1n) is 11.1. The fourth-order valence-electron chi connectivity index (χ4n) is 3.94. The summed E-state index contributed by atoms with van der Waals surface area (Å²) in [7, 11) is 1.59. The molecule has 9 nitrogen and oxygen atoms in total. The number of hydrogen-bond donors (Lipinski definition) is 3. The van der Waals surface area contributed by atoms with E-state index in [4.69, 9.17) is 9.47 Å². The molecule has 0 spiro atoms. The van der Waals surface area contributed by atoms with Gasteiger partial charge in [0.2, 0.25) is 0 Å². The standard InChI is InChI=1S/C24H29N5O4/c1-32-19-9-7-18(8-10-19)25-24(31)26-21-12-11-20(33-23(21)16-30)13-14-29-15-22(27-28-29)17-5-3-2-4-6-17/h2-10,15,20-21,23,30H,11-14,16H2,1H3,(H2,25,26,31)/t20-,21-,23-/m0/s1. The number of amides is 2. The van der Waals surface area contributed by atoms with Gasteiger partial charge in [-0.15, -0.1) is 5.10 Å². The zero-order valence-electron chi connectivity index (χ0n) is 18.6. The van der Waals surface area contributed by atoms with Gasteiger partial charge in [-0.2, -0.15) is 0 Å². The summed E-state index contributed by atoms with van der Waals surface area (Å²) in [6.07, 6.45) is 3.70. The first-order valence-corrected chi connectivity index (χ1v) is 11.1. The van der Waals surface area contributed by atoms with E-state index in [-0.39, 0.29) is 24.8 Å². The van der Waals surface area contributed by atoms with Crippen molar-refractivity contribution in [2.24, 2.45) is 0 Å². The average molecular weight is 452 g/mol. The second-order valence-corrected chi connectivity index (χ2v) is 8.01. The molecule has 3 aromatic rings. The van der Waals surface area contributed by atoms with Crippen LogP contribution in [-0.2, 0) is 11.3 Å². The Morgan fingerprint density at radius 2 is 1.97 bits per heavy atom. The van der Waals surface area contributed by atoms with E-state index in [0.717, 1.165) is 36.3 Å². The molecule has 1 aliphatic heterocycles. The molecule has 9 heteroatoms. The van der Waals surface area contributed by atoms with Gasteiger partial charge in [-0.25, -0.2) is 4.79 Å². The molecule has 0 unspecified atom stereocenters. The molecule has 0 radical (unpaired) electrons. The molecule has 4 rings (SSSR count). The minimum absolute atomic E-state index is 0.0192. The maximum absolute atomic E-state index is 12.4. The van der Waals surface area contributed by atoms with Crippen molar-refractivity contribution in [3.8, 4) is 17.0 Å². The first-order chi connectivity index (χ1) is 16.1. The van der Waals surface area contributed by atoms with Crippen molar-refractivity contribution in [2.45, 2.75) is 44.1 Å². The van der Waals surface area contributed by atoms with Gasteiger partial charge in [0.1, 0.15) is 17.5 Å². The fourth-order valence-corrected chi connectivity index (χ4v) is 3.94. The molecular formula is C24H29N5O4. The minimum Gasteiger partial charge on any atom is -0.497 e. The summed E-state index contributed by atoms with van der Waals surface area (Å²) in [6.45, 7) is 0.504. The Balaban J connectivity index is 1.25. The fraction of sp³-hybridized carbons (Fsp3) is 0.375. The number of aliphatic hydroxyl groups excluding tert-OH is 1. The summed E-state index contributed by atoms with van der Waals surface area (Å²) in [5.74, 6) is 0.718. The van der Waals surface area contributed by atoms with Crippen molar-refractivity contribution in [1.82, 2.24) is 20.3 Å². The lowest BCUT2D eigenvalue weighted by molar-refractivity contribution is -0.0905. The van der Waals surface area contributed by atoms with Crippen LogP contribution in [0.4, 0.5) is 10.5 Å². The molecule has 1 aromatic heterocycles. The van der Waals surface area contributed by atoms with Crippen LogP contribution in [-0.4, -0.2) is 58.1 Å². The summed E-state index contributed by atoms with van der Waals surface area (Å²) in [5.41, 5.74) is 2.52. The molecule has 2 amide bonds. The highest BCUT2D eigenvalue weighted by Gasteiger charge is 2.31. The van der Waals surface area contributed by atoms with Crippen LogP contribution in [0.15, 0.2) is 60.8 Å². The zero-order chi connectivity index (χ0) is 23.0. The summed E-state index contributed by atoms with van der Waals surface area (Å²) in [5, 5.41) is 24.0. The highest BCUT2D eigenvalue weighted by molar-refractivity contribution is 5.89. The zero-order valence-corrected chi connectivity index (χ0v) is 18.6. The molecule has 3 atom stereocenters. The highest BCUT2D eigenvalue weighted by atomic mass is 16.5. The second kappa shape index (κ2) is 10.9. The Morgan fingerprint density at radius 1 is 1.18 bits per heavy atom. The molecular weight excluding hydrogens is 422 g/mol. The van der Waals surface area contributed by atoms with Gasteiger partial charge in [-0.05, 0) is 43.5 Å². The third kappa shape index (κ3) is 6.09. The first kappa shape index (κ1) is 22.8. The van der Waals surface area contributed by atoms with E-state index in [2.05, 4.69) is 20.9 Å². The number of aliphatic hydroxyl groups is 1. The van der Waals surface area contributed by atoms with Crippen molar-refractivity contribution in [3.05, 3.63) is 60.8 Å². The van der Waals surface area contributed by atoms with Crippen molar-refractivity contribution >= 4 is 11.7 Å². The van der Waals surface area contributed by atoms with Crippen LogP contribution in [0.25, 0.3) is 11.3 Å². The molecule has 2 heterocycles. The summed E-state index contributed by atoms with van der Waals surface area (Å²) in [6, 6.07) is 16.4. The van der Waals surface area contributed by atoms with Gasteiger partial charge in [0.15, 0.2) is 0 Å². The molecule has 33 heavy (non-hydrogen) atoms. The van der Waals surface area contributed by atoms with Crippen LogP contribution >= 0.6 is 0 Å². The normalized spacial score (nSPS) is 20.2. The molecule has 0 saturated carbocycles. The number of methoxy groups -OCH3 is 1. The number of anilines is 1. The molecule has 0 bridgehead atoms. The van der Waals surface area contributed by atoms with Crippen LogP contribution < -0.4 is 15.4 Å². The second-order valence-electron chi connectivity index (χ2n) is 8.01. The Kier molecular flexibility index (Phi) is 7.54. The molecule has 2 aromatic carbocycles. The summed E-state index contributed by atoms with van der Waals surface area (Å²) < 4.78 is 13.0. The number of carbonyl (C=O) groups is 1. The van der Waals surface area contributed by atoms with Gasteiger partial charge < -0.3 is 25.2 Å². The Labute approximate surface area is 192 Å². The Hall–Kier alpha value is -3.43. The van der Waals surface area contributed by atoms with Crippen molar-refractivity contribution in [2.75, 3.05) is 19.0 Å². The summed E-state index contributed by atoms with van der Waals surface area (Å²) in [4.78, 5) is 12.4. The number of aryl methyl sites for hydroxylation is 1. The number of nitrogens with one attached hydrogen (secondary N) is 2. The van der Waals surface area contributed by atoms with Crippen LogP contribution in [0.5, 0.6) is 5.75 Å². The van der Waals surface area contributed by atoms with E-state index >= 15 is 0 Å². The van der Waals surface area contributed by atoms with Crippen LogP contribution in [0.2, 0.25) is 0 Å². The molecule has 3 N–H and O–H groups in total. The summed E-state index contributed by atoms with van der Waals surface area (Å²) >= 11 is 0. The van der Waals surface area contributed by atoms with Gasteiger partial charge in [-0.3, -0.25) is 4.68 Å².